The summed E-state index contributed by atoms with van der Waals surface area (Å²) < 4.78 is 0. The molecule has 0 spiro atoms. The molecule has 0 aromatic heterocycles. The molecule has 4 fully saturated rings. The Hall–Kier alpha value is -0.240. The van der Waals surface area contributed by atoms with E-state index >= 15 is 0 Å². The second-order valence-corrected chi connectivity index (χ2v) is 22.0. The molecule has 47 heavy (non-hydrogen) atoms. The van der Waals surface area contributed by atoms with Crippen LogP contribution in [0, 0.1) is 23.7 Å². The zero-order chi connectivity index (χ0) is 37.4. The first-order chi connectivity index (χ1) is 20.6. The minimum atomic E-state index is -0.0683. The fourth-order valence-corrected chi connectivity index (χ4v) is 11.2. The van der Waals surface area contributed by atoms with E-state index in [1.54, 1.807) is 0 Å². The Bertz CT molecular complexity index is 815. The maximum Gasteiger partial charge on any atom is 0.0413 e. The van der Waals surface area contributed by atoms with Crippen LogP contribution in [0.25, 0.3) is 0 Å². The summed E-state index contributed by atoms with van der Waals surface area (Å²) in [6.45, 7) is 44.6. The smallest absolute Gasteiger partial charge is 0.0413 e. The summed E-state index contributed by atoms with van der Waals surface area (Å²) in [5.74, 6) is 3.14. The molecule has 0 atom stereocenters. The van der Waals surface area contributed by atoms with Crippen molar-refractivity contribution in [3.8, 4) is 0 Å². The molecular weight excluding hydrogens is 580 g/mol. The van der Waals surface area contributed by atoms with Gasteiger partial charge in [-0.2, -0.15) is 10.1 Å². The van der Waals surface area contributed by atoms with Gasteiger partial charge in [0.1, 0.15) is 0 Å². The third-order valence-corrected chi connectivity index (χ3v) is 11.6. The van der Waals surface area contributed by atoms with Crippen LogP contribution in [-0.2, 0) is 0 Å². The quantitative estimate of drug-likeness (QED) is 0.239. The number of hydrogen-bond donors (Lipinski definition) is 3. The van der Waals surface area contributed by atoms with Gasteiger partial charge >= 0.3 is 0 Å². The van der Waals surface area contributed by atoms with E-state index in [1.807, 2.05) is 0 Å². The third kappa shape index (κ3) is 13.1. The summed E-state index contributed by atoms with van der Waals surface area (Å²) in [7, 11) is 2.26. The van der Waals surface area contributed by atoms with Crippen molar-refractivity contribution in [3.05, 3.63) is 0 Å². The van der Waals surface area contributed by atoms with E-state index in [2.05, 4.69) is 156 Å². The van der Waals surface area contributed by atoms with Crippen LogP contribution < -0.4 is 5.32 Å². The number of hydroxylamine groups is 4. The molecule has 6 nitrogen and oxygen atoms in total. The number of rotatable bonds is 0. The summed E-state index contributed by atoms with van der Waals surface area (Å²) in [6, 6.07) is 0. The van der Waals surface area contributed by atoms with Gasteiger partial charge in [0.25, 0.3) is 0 Å². The molecule has 0 aromatic rings. The van der Waals surface area contributed by atoms with E-state index in [4.69, 9.17) is 0 Å². The van der Waals surface area contributed by atoms with E-state index in [-0.39, 0.29) is 22.2 Å². The molecule has 3 N–H and O–H groups in total. The van der Waals surface area contributed by atoms with Crippen molar-refractivity contribution in [2.24, 2.45) is 23.7 Å². The Morgan fingerprint density at radius 2 is 0.574 bits per heavy atom. The SMILES string of the molecule is CC1CC(C)(C)N(C)C(C)(C)C1.CC1CC(C)(C)N(O)C(C)(C)C1.CC1CC(C)(C)N(O)C(C)(C)C1.CC1CC(C)(C)NC(C)(C)C1. The fourth-order valence-electron chi connectivity index (χ4n) is 11.2. The molecule has 282 valence electrons. The maximum absolute atomic E-state index is 9.92. The number of likely N-dealkylation sites (tertiary alicyclic amines) is 1. The lowest BCUT2D eigenvalue weighted by Crippen LogP contribution is -2.58. The lowest BCUT2D eigenvalue weighted by Gasteiger charge is -2.53. The zero-order valence-electron chi connectivity index (χ0n) is 35.7. The second kappa shape index (κ2) is 15.2. The highest BCUT2D eigenvalue weighted by molar-refractivity contribution is 4.98. The Labute approximate surface area is 295 Å². The maximum atomic E-state index is 9.92. The Morgan fingerprint density at radius 1 is 0.383 bits per heavy atom. The molecule has 0 aliphatic carbocycles. The van der Waals surface area contributed by atoms with Crippen molar-refractivity contribution >= 4 is 0 Å². The van der Waals surface area contributed by atoms with Crippen LogP contribution >= 0.6 is 0 Å². The number of hydrogen-bond acceptors (Lipinski definition) is 6. The largest absolute Gasteiger partial charge is 0.313 e. The topological polar surface area (TPSA) is 62.2 Å². The van der Waals surface area contributed by atoms with Crippen molar-refractivity contribution in [2.45, 2.75) is 234 Å². The van der Waals surface area contributed by atoms with Crippen molar-refractivity contribution < 1.29 is 10.4 Å². The van der Waals surface area contributed by atoms with Crippen LogP contribution in [0.2, 0.25) is 0 Å². The predicted molar refractivity (Wildman–Crippen MR) is 204 cm³/mol. The van der Waals surface area contributed by atoms with Gasteiger partial charge < -0.3 is 15.7 Å². The average Bonchev–Trinajstić information content (AvgIpc) is 2.76. The average molecular weight is 667 g/mol. The first-order valence-corrected chi connectivity index (χ1v) is 19.1. The summed E-state index contributed by atoms with van der Waals surface area (Å²) >= 11 is 0. The van der Waals surface area contributed by atoms with Crippen LogP contribution in [0.15, 0.2) is 0 Å². The van der Waals surface area contributed by atoms with Crippen LogP contribution in [0.1, 0.15) is 190 Å². The van der Waals surface area contributed by atoms with Gasteiger partial charge in [-0.3, -0.25) is 4.90 Å². The molecule has 0 bridgehead atoms. The molecule has 4 aliphatic heterocycles. The summed E-state index contributed by atoms with van der Waals surface area (Å²) in [6.07, 6.45) is 9.56. The van der Waals surface area contributed by atoms with Crippen molar-refractivity contribution in [1.82, 2.24) is 20.3 Å². The van der Waals surface area contributed by atoms with Gasteiger partial charge in [-0.05, 0) is 193 Å². The van der Waals surface area contributed by atoms with Crippen LogP contribution in [0.3, 0.4) is 0 Å². The highest BCUT2D eigenvalue weighted by Gasteiger charge is 2.45. The van der Waals surface area contributed by atoms with Crippen molar-refractivity contribution in [2.75, 3.05) is 7.05 Å². The lowest BCUT2D eigenvalue weighted by molar-refractivity contribution is -0.249. The number of nitrogens with zero attached hydrogens (tertiary/aromatic N) is 3. The molecule has 0 amide bonds. The highest BCUT2D eigenvalue weighted by Crippen LogP contribution is 2.41. The van der Waals surface area contributed by atoms with Gasteiger partial charge in [-0.1, -0.05) is 27.7 Å². The first kappa shape index (κ1) is 44.8. The standard InChI is InChI=1S/C11H23N.2C10H21NO.C10H21N/c1-9-7-10(2,3)12(6)11(4,5)8-9;2*1-8-6-9(2,3)11(12)10(4,5)7-8;1-8-6-9(2,3)11-10(4,5)7-8/h9H,7-8H2,1-6H3;2*8,12H,6-7H2,1-5H3;8,11H,6-7H2,1-5H3. The Morgan fingerprint density at radius 3 is 0.787 bits per heavy atom. The van der Waals surface area contributed by atoms with E-state index in [0.29, 0.717) is 34.0 Å². The summed E-state index contributed by atoms with van der Waals surface area (Å²) in [4.78, 5) is 2.53. The van der Waals surface area contributed by atoms with Crippen LogP contribution in [0.4, 0.5) is 0 Å². The second-order valence-electron chi connectivity index (χ2n) is 22.0. The van der Waals surface area contributed by atoms with Gasteiger partial charge in [0, 0.05) is 44.3 Å². The van der Waals surface area contributed by atoms with Gasteiger partial charge in [0.15, 0.2) is 0 Å². The highest BCUT2D eigenvalue weighted by atomic mass is 16.5. The lowest BCUT2D eigenvalue weighted by atomic mass is 9.75. The molecule has 0 radical (unpaired) electrons. The zero-order valence-corrected chi connectivity index (χ0v) is 35.7. The van der Waals surface area contributed by atoms with Gasteiger partial charge in [0.05, 0.1) is 0 Å². The van der Waals surface area contributed by atoms with E-state index in [1.165, 1.54) is 35.8 Å². The van der Waals surface area contributed by atoms with E-state index in [0.717, 1.165) is 37.5 Å². The van der Waals surface area contributed by atoms with Crippen LogP contribution in [-0.4, -0.2) is 76.8 Å². The first-order valence-electron chi connectivity index (χ1n) is 19.1. The molecule has 6 heteroatoms. The number of piperidine rings is 4. The molecule has 0 aromatic carbocycles. The van der Waals surface area contributed by atoms with Gasteiger partial charge in [0.2, 0.25) is 0 Å². The fraction of sp³-hybridized carbons (Fsp3) is 1.00. The summed E-state index contributed by atoms with van der Waals surface area (Å²) in [5, 5.41) is 26.5. The molecule has 4 rings (SSSR count). The molecule has 4 heterocycles. The minimum absolute atomic E-state index is 0.0683. The van der Waals surface area contributed by atoms with Crippen LogP contribution in [0.5, 0.6) is 0 Å². The molecule has 0 unspecified atom stereocenters. The monoisotopic (exact) mass is 667 g/mol. The van der Waals surface area contributed by atoms with E-state index in [9.17, 15) is 10.4 Å². The summed E-state index contributed by atoms with van der Waals surface area (Å²) in [5.41, 5.74) is 1.15. The molecule has 4 saturated heterocycles. The van der Waals surface area contributed by atoms with Gasteiger partial charge in [-0.15, -0.1) is 0 Å². The number of nitrogens with one attached hydrogen (secondary N) is 1. The van der Waals surface area contributed by atoms with Crippen molar-refractivity contribution in [1.29, 1.82) is 0 Å². The molecule has 0 saturated carbocycles. The van der Waals surface area contributed by atoms with E-state index < -0.39 is 0 Å². The predicted octanol–water partition coefficient (Wildman–Crippen LogP) is 10.8. The Kier molecular flexibility index (Phi) is 14.4. The van der Waals surface area contributed by atoms with Crippen molar-refractivity contribution in [3.63, 3.8) is 0 Å². The minimum Gasteiger partial charge on any atom is -0.313 e. The molecular formula is C41H86N4O2. The molecule has 4 aliphatic rings. The third-order valence-electron chi connectivity index (χ3n) is 11.6. The Balaban J connectivity index is 0.000000314. The van der Waals surface area contributed by atoms with Gasteiger partial charge in [-0.25, -0.2) is 0 Å². The normalized spacial score (nSPS) is 30.4.